The Morgan fingerprint density at radius 2 is 1.83 bits per heavy atom. The van der Waals surface area contributed by atoms with E-state index in [1.165, 1.54) is 6.26 Å². The van der Waals surface area contributed by atoms with Crippen molar-refractivity contribution in [1.82, 2.24) is 0 Å². The third kappa shape index (κ3) is 5.31. The Morgan fingerprint density at radius 3 is 2.33 bits per heavy atom. The van der Waals surface area contributed by atoms with Crippen molar-refractivity contribution in [2.24, 2.45) is 0 Å². The van der Waals surface area contributed by atoms with Gasteiger partial charge >= 0.3 is 5.97 Å². The second kappa shape index (κ2) is 6.54. The summed E-state index contributed by atoms with van der Waals surface area (Å²) >= 11 is 0. The van der Waals surface area contributed by atoms with Gasteiger partial charge in [0.15, 0.2) is 9.84 Å². The van der Waals surface area contributed by atoms with E-state index in [2.05, 4.69) is 0 Å². The minimum Gasteiger partial charge on any atom is -0.462 e. The number of ether oxygens (including phenoxy) is 1. The average molecular weight is 270 g/mol. The number of rotatable bonds is 6. The fraction of sp³-hybridized carbons (Fsp3) is 0.462. The Hall–Kier alpha value is -1.36. The van der Waals surface area contributed by atoms with Crippen LogP contribution in [0, 0.1) is 0 Å². The van der Waals surface area contributed by atoms with Crippen LogP contribution in [0.25, 0.3) is 0 Å². The van der Waals surface area contributed by atoms with Crippen molar-refractivity contribution in [3.8, 4) is 0 Å². The highest BCUT2D eigenvalue weighted by Crippen LogP contribution is 2.09. The third-order valence-electron chi connectivity index (χ3n) is 2.35. The van der Waals surface area contributed by atoms with Crippen LogP contribution in [-0.2, 0) is 20.3 Å². The number of benzene rings is 1. The average Bonchev–Trinajstić information content (AvgIpc) is 2.28. The number of carbonyl (C=O) groups is 1. The lowest BCUT2D eigenvalue weighted by Gasteiger charge is -2.04. The molecule has 0 radical (unpaired) electrons. The quantitative estimate of drug-likeness (QED) is 0.587. The Bertz CT molecular complexity index is 488. The topological polar surface area (TPSA) is 60.4 Å². The fourth-order valence-corrected chi connectivity index (χ4v) is 2.23. The van der Waals surface area contributed by atoms with E-state index in [1.807, 2.05) is 6.92 Å². The van der Waals surface area contributed by atoms with Crippen molar-refractivity contribution < 1.29 is 17.9 Å². The van der Waals surface area contributed by atoms with Crippen molar-refractivity contribution in [2.75, 3.05) is 12.9 Å². The second-order valence-electron chi connectivity index (χ2n) is 4.26. The lowest BCUT2D eigenvalue weighted by Crippen LogP contribution is -2.07. The summed E-state index contributed by atoms with van der Waals surface area (Å²) in [5, 5.41) is 0. The summed E-state index contributed by atoms with van der Waals surface area (Å²) in [6, 6.07) is 6.46. The predicted molar refractivity (Wildman–Crippen MR) is 70.2 cm³/mol. The maximum atomic E-state index is 11.6. The van der Waals surface area contributed by atoms with E-state index < -0.39 is 9.84 Å². The number of esters is 1. The van der Waals surface area contributed by atoms with Crippen LogP contribution in [0.1, 0.15) is 35.7 Å². The van der Waals surface area contributed by atoms with Crippen molar-refractivity contribution in [2.45, 2.75) is 25.5 Å². The minimum absolute atomic E-state index is 0.0157. The minimum atomic E-state index is -3.04. The van der Waals surface area contributed by atoms with E-state index in [0.717, 1.165) is 12.8 Å². The van der Waals surface area contributed by atoms with Crippen LogP contribution in [-0.4, -0.2) is 27.2 Å². The van der Waals surface area contributed by atoms with Gasteiger partial charge in [0.25, 0.3) is 0 Å². The molecule has 0 N–H and O–H groups in total. The van der Waals surface area contributed by atoms with Crippen LogP contribution in [0.15, 0.2) is 24.3 Å². The molecule has 0 heterocycles. The van der Waals surface area contributed by atoms with Gasteiger partial charge in [-0.1, -0.05) is 25.5 Å². The van der Waals surface area contributed by atoms with Gasteiger partial charge in [0.2, 0.25) is 0 Å². The summed E-state index contributed by atoms with van der Waals surface area (Å²) in [7, 11) is -3.04. The molecule has 0 aliphatic carbocycles. The zero-order chi connectivity index (χ0) is 13.6. The van der Waals surface area contributed by atoms with E-state index in [9.17, 15) is 13.2 Å². The Morgan fingerprint density at radius 1 is 1.22 bits per heavy atom. The van der Waals surface area contributed by atoms with Crippen LogP contribution < -0.4 is 0 Å². The predicted octanol–water partition coefficient (Wildman–Crippen LogP) is 2.19. The Kier molecular flexibility index (Phi) is 5.34. The molecular formula is C13H18O4S. The lowest BCUT2D eigenvalue weighted by atomic mass is 10.1. The third-order valence-corrected chi connectivity index (χ3v) is 3.21. The number of hydrogen-bond donors (Lipinski definition) is 0. The van der Waals surface area contributed by atoms with E-state index >= 15 is 0 Å². The molecule has 0 fully saturated rings. The molecule has 0 aromatic heterocycles. The highest BCUT2D eigenvalue weighted by Gasteiger charge is 2.08. The van der Waals surface area contributed by atoms with Gasteiger partial charge < -0.3 is 4.74 Å². The van der Waals surface area contributed by atoms with Gasteiger partial charge in [0, 0.05) is 6.26 Å². The highest BCUT2D eigenvalue weighted by molar-refractivity contribution is 7.89. The molecule has 0 saturated heterocycles. The summed E-state index contributed by atoms with van der Waals surface area (Å²) in [6.07, 6.45) is 3.00. The van der Waals surface area contributed by atoms with Crippen LogP contribution in [0.2, 0.25) is 0 Å². The first-order chi connectivity index (χ1) is 8.42. The summed E-state index contributed by atoms with van der Waals surface area (Å²) < 4.78 is 27.3. The first kappa shape index (κ1) is 14.7. The maximum Gasteiger partial charge on any atom is 0.338 e. The first-order valence-corrected chi connectivity index (χ1v) is 7.92. The second-order valence-corrected chi connectivity index (χ2v) is 6.40. The molecule has 1 aromatic carbocycles. The molecule has 100 valence electrons. The summed E-state index contributed by atoms with van der Waals surface area (Å²) in [5.74, 6) is -0.382. The Labute approximate surface area is 108 Å². The molecule has 5 heteroatoms. The van der Waals surface area contributed by atoms with Gasteiger partial charge in [-0.25, -0.2) is 13.2 Å². The molecule has 0 atom stereocenters. The lowest BCUT2D eigenvalue weighted by molar-refractivity contribution is 0.0499. The van der Waals surface area contributed by atoms with E-state index in [1.54, 1.807) is 24.3 Å². The van der Waals surface area contributed by atoms with E-state index in [-0.39, 0.29) is 11.7 Å². The monoisotopic (exact) mass is 270 g/mol. The standard InChI is InChI=1S/C13H18O4S/c1-3-4-9-17-13(14)12-7-5-11(6-8-12)10-18(2,15)16/h5-8H,3-4,9-10H2,1-2H3. The van der Waals surface area contributed by atoms with Crippen molar-refractivity contribution in [3.63, 3.8) is 0 Å². The van der Waals surface area contributed by atoms with Gasteiger partial charge in [-0.15, -0.1) is 0 Å². The van der Waals surface area contributed by atoms with Crippen molar-refractivity contribution in [1.29, 1.82) is 0 Å². The normalized spacial score (nSPS) is 11.2. The first-order valence-electron chi connectivity index (χ1n) is 5.86. The SMILES string of the molecule is CCCCOC(=O)c1ccc(CS(C)(=O)=O)cc1. The molecule has 1 rings (SSSR count). The number of carbonyl (C=O) groups excluding carboxylic acids is 1. The fourth-order valence-electron chi connectivity index (χ4n) is 1.43. The van der Waals surface area contributed by atoms with Gasteiger partial charge in [-0.3, -0.25) is 0 Å². The zero-order valence-electron chi connectivity index (χ0n) is 10.7. The van der Waals surface area contributed by atoms with Gasteiger partial charge in [0.05, 0.1) is 17.9 Å². The molecule has 0 amide bonds. The van der Waals surface area contributed by atoms with Crippen molar-refractivity contribution in [3.05, 3.63) is 35.4 Å². The van der Waals surface area contributed by atoms with Crippen molar-refractivity contribution >= 4 is 15.8 Å². The van der Waals surface area contributed by atoms with E-state index in [0.29, 0.717) is 17.7 Å². The molecule has 0 aliphatic heterocycles. The smallest absolute Gasteiger partial charge is 0.338 e. The van der Waals surface area contributed by atoms with Gasteiger partial charge in [-0.2, -0.15) is 0 Å². The summed E-state index contributed by atoms with van der Waals surface area (Å²) in [4.78, 5) is 11.6. The van der Waals surface area contributed by atoms with E-state index in [4.69, 9.17) is 4.74 Å². The van der Waals surface area contributed by atoms with Crippen LogP contribution in [0.3, 0.4) is 0 Å². The van der Waals surface area contributed by atoms with Gasteiger partial charge in [-0.05, 0) is 24.1 Å². The summed E-state index contributed by atoms with van der Waals surface area (Å²) in [6.45, 7) is 2.44. The molecule has 4 nitrogen and oxygen atoms in total. The molecule has 0 unspecified atom stereocenters. The largest absolute Gasteiger partial charge is 0.462 e. The maximum absolute atomic E-state index is 11.6. The van der Waals surface area contributed by atoms with Gasteiger partial charge in [0.1, 0.15) is 0 Å². The molecule has 1 aromatic rings. The number of unbranched alkanes of at least 4 members (excludes halogenated alkanes) is 1. The zero-order valence-corrected chi connectivity index (χ0v) is 11.5. The molecule has 0 aliphatic rings. The highest BCUT2D eigenvalue weighted by atomic mass is 32.2. The molecule has 0 saturated carbocycles. The number of hydrogen-bond acceptors (Lipinski definition) is 4. The molecular weight excluding hydrogens is 252 g/mol. The Balaban J connectivity index is 2.62. The van der Waals surface area contributed by atoms with Crippen LogP contribution in [0.5, 0.6) is 0 Å². The molecule has 0 bridgehead atoms. The van der Waals surface area contributed by atoms with Crippen LogP contribution >= 0.6 is 0 Å². The summed E-state index contributed by atoms with van der Waals surface area (Å²) in [5.41, 5.74) is 1.12. The van der Waals surface area contributed by atoms with Crippen LogP contribution in [0.4, 0.5) is 0 Å². The molecule has 18 heavy (non-hydrogen) atoms. The number of sulfone groups is 1. The molecule has 0 spiro atoms.